The largest absolute Gasteiger partial charge is 0.477 e. The minimum atomic E-state index is -1.07. The lowest BCUT2D eigenvalue weighted by molar-refractivity contribution is -0.128. The van der Waals surface area contributed by atoms with E-state index in [2.05, 4.69) is 10.3 Å². The highest BCUT2D eigenvalue weighted by Gasteiger charge is 2.06. The van der Waals surface area contributed by atoms with Crippen molar-refractivity contribution in [3.8, 4) is 0 Å². The highest BCUT2D eigenvalue weighted by Crippen LogP contribution is 2.07. The molecule has 0 saturated carbocycles. The summed E-state index contributed by atoms with van der Waals surface area (Å²) in [5.41, 5.74) is 0.623. The van der Waals surface area contributed by atoms with Gasteiger partial charge in [-0.25, -0.2) is 9.78 Å². The molecule has 17 heavy (non-hydrogen) atoms. The van der Waals surface area contributed by atoms with Crippen LogP contribution in [-0.2, 0) is 4.79 Å². The third-order valence-corrected chi connectivity index (χ3v) is 2.15. The van der Waals surface area contributed by atoms with Crippen molar-refractivity contribution in [2.24, 2.45) is 0 Å². The van der Waals surface area contributed by atoms with Crippen LogP contribution in [0.4, 0.5) is 5.69 Å². The van der Waals surface area contributed by atoms with Gasteiger partial charge in [0.1, 0.15) is 5.69 Å². The Hall–Kier alpha value is -2.11. The maximum absolute atomic E-state index is 11.3. The number of hydrogen-bond donors (Lipinski definition) is 2. The molecule has 0 fully saturated rings. The fraction of sp³-hybridized carbons (Fsp3) is 0.364. The average Bonchev–Trinajstić information content (AvgIpc) is 2.29. The summed E-state index contributed by atoms with van der Waals surface area (Å²) in [6.45, 7) is 0.458. The lowest BCUT2D eigenvalue weighted by Gasteiger charge is -2.11. The zero-order chi connectivity index (χ0) is 12.8. The molecule has 0 aliphatic heterocycles. The third kappa shape index (κ3) is 4.10. The number of pyridine rings is 1. The van der Waals surface area contributed by atoms with Crippen LogP contribution in [0, 0.1) is 0 Å². The number of carbonyl (C=O) groups is 2. The van der Waals surface area contributed by atoms with E-state index < -0.39 is 5.97 Å². The quantitative estimate of drug-likeness (QED) is 0.786. The number of aromatic carboxylic acids is 1. The second-order valence-electron chi connectivity index (χ2n) is 3.70. The van der Waals surface area contributed by atoms with E-state index in [1.165, 1.54) is 17.2 Å². The summed E-state index contributed by atoms with van der Waals surface area (Å²) in [5.74, 6) is -1.05. The summed E-state index contributed by atoms with van der Waals surface area (Å²) in [5, 5.41) is 11.7. The summed E-state index contributed by atoms with van der Waals surface area (Å²) < 4.78 is 0. The van der Waals surface area contributed by atoms with Crippen LogP contribution in [0.1, 0.15) is 16.9 Å². The summed E-state index contributed by atoms with van der Waals surface area (Å²) >= 11 is 0. The Labute approximate surface area is 99.3 Å². The number of anilines is 1. The molecule has 0 aliphatic rings. The van der Waals surface area contributed by atoms with Gasteiger partial charge in [-0.1, -0.05) is 0 Å². The van der Waals surface area contributed by atoms with Gasteiger partial charge in [0.25, 0.3) is 0 Å². The van der Waals surface area contributed by atoms with E-state index in [1.54, 1.807) is 20.2 Å². The van der Waals surface area contributed by atoms with E-state index in [4.69, 9.17) is 5.11 Å². The number of amides is 1. The van der Waals surface area contributed by atoms with Gasteiger partial charge in [0.05, 0.1) is 0 Å². The Balaban J connectivity index is 2.50. The molecule has 0 radical (unpaired) electrons. The van der Waals surface area contributed by atoms with Crippen LogP contribution in [-0.4, -0.2) is 47.5 Å². The molecular weight excluding hydrogens is 222 g/mol. The predicted molar refractivity (Wildman–Crippen MR) is 63.0 cm³/mol. The van der Waals surface area contributed by atoms with E-state index in [0.29, 0.717) is 18.7 Å². The number of carboxylic acids is 1. The Morgan fingerprint density at radius 2 is 2.18 bits per heavy atom. The van der Waals surface area contributed by atoms with Crippen molar-refractivity contribution in [2.75, 3.05) is 26.0 Å². The molecule has 2 N–H and O–H groups in total. The fourth-order valence-corrected chi connectivity index (χ4v) is 1.19. The Kier molecular flexibility index (Phi) is 4.45. The first-order valence-corrected chi connectivity index (χ1v) is 5.14. The molecule has 1 rings (SSSR count). The SMILES string of the molecule is CN(C)C(=O)CCNc1ccnc(C(=O)O)c1. The van der Waals surface area contributed by atoms with Gasteiger partial charge < -0.3 is 15.3 Å². The van der Waals surface area contributed by atoms with Crippen molar-refractivity contribution >= 4 is 17.6 Å². The normalized spacial score (nSPS) is 9.76. The standard InChI is InChI=1S/C11H15N3O3/c1-14(2)10(15)4-6-12-8-3-5-13-9(7-8)11(16)17/h3,5,7H,4,6H2,1-2H3,(H,12,13)(H,16,17). The van der Waals surface area contributed by atoms with Gasteiger partial charge in [-0.15, -0.1) is 0 Å². The number of carboxylic acid groups (broad SMARTS) is 1. The van der Waals surface area contributed by atoms with Crippen LogP contribution in [0.5, 0.6) is 0 Å². The highest BCUT2D eigenvalue weighted by molar-refractivity contribution is 5.86. The van der Waals surface area contributed by atoms with Crippen LogP contribution in [0.3, 0.4) is 0 Å². The number of nitrogens with zero attached hydrogens (tertiary/aromatic N) is 2. The number of carbonyl (C=O) groups excluding carboxylic acids is 1. The zero-order valence-corrected chi connectivity index (χ0v) is 9.80. The zero-order valence-electron chi connectivity index (χ0n) is 9.80. The van der Waals surface area contributed by atoms with Gasteiger partial charge in [-0.3, -0.25) is 4.79 Å². The topological polar surface area (TPSA) is 82.5 Å². The molecule has 0 bridgehead atoms. The van der Waals surface area contributed by atoms with Crippen LogP contribution >= 0.6 is 0 Å². The van der Waals surface area contributed by atoms with Crippen LogP contribution in [0.25, 0.3) is 0 Å². The van der Waals surface area contributed by atoms with Crippen molar-refractivity contribution in [1.29, 1.82) is 0 Å². The van der Waals surface area contributed by atoms with Crippen LogP contribution < -0.4 is 5.32 Å². The van der Waals surface area contributed by atoms with Gasteiger partial charge in [-0.2, -0.15) is 0 Å². The lowest BCUT2D eigenvalue weighted by atomic mass is 10.3. The molecule has 1 aromatic rings. The van der Waals surface area contributed by atoms with E-state index in [1.807, 2.05) is 0 Å². The van der Waals surface area contributed by atoms with Gasteiger partial charge in [-0.05, 0) is 12.1 Å². The molecule has 0 aromatic carbocycles. The van der Waals surface area contributed by atoms with Crippen LogP contribution in [0.15, 0.2) is 18.3 Å². The van der Waals surface area contributed by atoms with Crippen molar-refractivity contribution in [3.63, 3.8) is 0 Å². The first-order valence-electron chi connectivity index (χ1n) is 5.14. The number of nitrogens with one attached hydrogen (secondary N) is 1. The first kappa shape index (κ1) is 13.0. The molecule has 6 nitrogen and oxygen atoms in total. The summed E-state index contributed by atoms with van der Waals surface area (Å²) in [4.78, 5) is 27.2. The Morgan fingerprint density at radius 3 is 2.76 bits per heavy atom. The highest BCUT2D eigenvalue weighted by atomic mass is 16.4. The molecule has 0 saturated heterocycles. The molecule has 1 aromatic heterocycles. The lowest BCUT2D eigenvalue weighted by Crippen LogP contribution is -2.23. The van der Waals surface area contributed by atoms with Gasteiger partial charge >= 0.3 is 5.97 Å². The summed E-state index contributed by atoms with van der Waals surface area (Å²) in [6.07, 6.45) is 1.78. The Morgan fingerprint density at radius 1 is 1.47 bits per heavy atom. The van der Waals surface area contributed by atoms with Crippen molar-refractivity contribution < 1.29 is 14.7 Å². The third-order valence-electron chi connectivity index (χ3n) is 2.15. The maximum atomic E-state index is 11.3. The van der Waals surface area contributed by atoms with E-state index >= 15 is 0 Å². The molecule has 0 atom stereocenters. The fourth-order valence-electron chi connectivity index (χ4n) is 1.19. The summed E-state index contributed by atoms with van der Waals surface area (Å²) in [6, 6.07) is 3.09. The molecule has 92 valence electrons. The minimum absolute atomic E-state index is 0.0185. The predicted octanol–water partition coefficient (Wildman–Crippen LogP) is 0.670. The van der Waals surface area contributed by atoms with E-state index in [-0.39, 0.29) is 11.6 Å². The molecule has 0 spiro atoms. The molecule has 0 unspecified atom stereocenters. The van der Waals surface area contributed by atoms with Crippen molar-refractivity contribution in [2.45, 2.75) is 6.42 Å². The number of rotatable bonds is 5. The average molecular weight is 237 g/mol. The van der Waals surface area contributed by atoms with E-state index in [0.717, 1.165) is 0 Å². The maximum Gasteiger partial charge on any atom is 0.354 e. The van der Waals surface area contributed by atoms with Gasteiger partial charge in [0.2, 0.25) is 5.91 Å². The monoisotopic (exact) mass is 237 g/mol. The minimum Gasteiger partial charge on any atom is -0.477 e. The number of hydrogen-bond acceptors (Lipinski definition) is 4. The molecule has 0 aliphatic carbocycles. The number of aromatic nitrogens is 1. The molecule has 1 heterocycles. The first-order chi connectivity index (χ1) is 8.00. The van der Waals surface area contributed by atoms with Crippen LogP contribution in [0.2, 0.25) is 0 Å². The van der Waals surface area contributed by atoms with Gasteiger partial charge in [0.15, 0.2) is 0 Å². The van der Waals surface area contributed by atoms with E-state index in [9.17, 15) is 9.59 Å². The molecule has 6 heteroatoms. The summed E-state index contributed by atoms with van der Waals surface area (Å²) in [7, 11) is 3.38. The molecule has 1 amide bonds. The van der Waals surface area contributed by atoms with Gasteiger partial charge in [0, 0.05) is 38.9 Å². The smallest absolute Gasteiger partial charge is 0.354 e. The Bertz CT molecular complexity index is 418. The van der Waals surface area contributed by atoms with Crippen molar-refractivity contribution in [3.05, 3.63) is 24.0 Å². The van der Waals surface area contributed by atoms with Crippen molar-refractivity contribution in [1.82, 2.24) is 9.88 Å². The molecular formula is C11H15N3O3. The second kappa shape index (κ2) is 5.83. The second-order valence-corrected chi connectivity index (χ2v) is 3.70.